The third kappa shape index (κ3) is 2.49. The van der Waals surface area contributed by atoms with E-state index in [0.717, 1.165) is 29.1 Å². The summed E-state index contributed by atoms with van der Waals surface area (Å²) in [6, 6.07) is 8.07. The number of benzene rings is 1. The summed E-state index contributed by atoms with van der Waals surface area (Å²) < 4.78 is 0. The highest BCUT2D eigenvalue weighted by Gasteiger charge is 2.31. The molecule has 0 amide bonds. The Morgan fingerprint density at radius 3 is 2.40 bits per heavy atom. The van der Waals surface area contributed by atoms with E-state index in [1.807, 2.05) is 31.2 Å². The number of para-hydroxylation sites is 2. The average Bonchev–Trinajstić information content (AvgIpc) is 2.94. The van der Waals surface area contributed by atoms with Crippen LogP contribution >= 0.6 is 0 Å². The number of nitrogens with one attached hydrogen (secondary N) is 1. The van der Waals surface area contributed by atoms with E-state index < -0.39 is 0 Å². The molecular weight excluding hydrogens is 246 g/mol. The van der Waals surface area contributed by atoms with Crippen molar-refractivity contribution in [2.75, 3.05) is 11.9 Å². The van der Waals surface area contributed by atoms with Crippen LogP contribution in [0.5, 0.6) is 0 Å². The molecular formula is C17H23N3. The number of anilines is 1. The SMILES string of the molecule is CCC1(CNc2nc3ccccc3nc2C)CCCC1. The Bertz CT molecular complexity index is 600. The van der Waals surface area contributed by atoms with Crippen LogP contribution in [-0.4, -0.2) is 16.5 Å². The third-order valence-electron chi connectivity index (χ3n) is 4.79. The molecule has 3 heteroatoms. The summed E-state index contributed by atoms with van der Waals surface area (Å²) in [5.41, 5.74) is 3.41. The van der Waals surface area contributed by atoms with Gasteiger partial charge in [0, 0.05) is 6.54 Å². The zero-order valence-corrected chi connectivity index (χ0v) is 12.4. The Labute approximate surface area is 120 Å². The van der Waals surface area contributed by atoms with E-state index in [-0.39, 0.29) is 0 Å². The normalized spacial score (nSPS) is 17.5. The maximum atomic E-state index is 4.73. The van der Waals surface area contributed by atoms with Crippen LogP contribution in [0.1, 0.15) is 44.7 Å². The van der Waals surface area contributed by atoms with Gasteiger partial charge in [-0.1, -0.05) is 31.9 Å². The molecule has 0 atom stereocenters. The Balaban J connectivity index is 1.81. The van der Waals surface area contributed by atoms with Gasteiger partial charge in [-0.2, -0.15) is 0 Å². The average molecular weight is 269 g/mol. The molecule has 3 rings (SSSR count). The number of fused-ring (bicyclic) bond motifs is 1. The summed E-state index contributed by atoms with van der Waals surface area (Å²) in [6.45, 7) is 5.37. The van der Waals surface area contributed by atoms with E-state index in [2.05, 4.69) is 17.2 Å². The molecule has 0 aliphatic heterocycles. The molecule has 0 spiro atoms. The van der Waals surface area contributed by atoms with Crippen LogP contribution in [0.25, 0.3) is 11.0 Å². The lowest BCUT2D eigenvalue weighted by molar-refractivity contribution is 0.306. The quantitative estimate of drug-likeness (QED) is 0.898. The van der Waals surface area contributed by atoms with Crippen LogP contribution in [0.2, 0.25) is 0 Å². The van der Waals surface area contributed by atoms with Gasteiger partial charge in [-0.3, -0.25) is 0 Å². The summed E-state index contributed by atoms with van der Waals surface area (Å²) in [7, 11) is 0. The number of hydrogen-bond acceptors (Lipinski definition) is 3. The number of rotatable bonds is 4. The molecule has 1 heterocycles. The molecule has 106 valence electrons. The second kappa shape index (κ2) is 5.39. The summed E-state index contributed by atoms with van der Waals surface area (Å²) in [4.78, 5) is 9.37. The summed E-state index contributed by atoms with van der Waals surface area (Å²) in [6.07, 6.45) is 6.68. The number of hydrogen-bond donors (Lipinski definition) is 1. The molecule has 1 aliphatic carbocycles. The maximum Gasteiger partial charge on any atom is 0.148 e. The van der Waals surface area contributed by atoms with Gasteiger partial charge in [0.05, 0.1) is 16.7 Å². The van der Waals surface area contributed by atoms with Gasteiger partial charge in [-0.05, 0) is 43.7 Å². The van der Waals surface area contributed by atoms with Gasteiger partial charge in [0.2, 0.25) is 0 Å². The highest BCUT2D eigenvalue weighted by Crippen LogP contribution is 2.40. The highest BCUT2D eigenvalue weighted by molar-refractivity contribution is 5.76. The van der Waals surface area contributed by atoms with Gasteiger partial charge in [-0.15, -0.1) is 0 Å². The van der Waals surface area contributed by atoms with E-state index >= 15 is 0 Å². The summed E-state index contributed by atoms with van der Waals surface area (Å²) >= 11 is 0. The zero-order chi connectivity index (χ0) is 14.0. The topological polar surface area (TPSA) is 37.8 Å². The molecule has 1 aromatic heterocycles. The second-order valence-corrected chi connectivity index (χ2v) is 6.06. The predicted molar refractivity (Wildman–Crippen MR) is 84.0 cm³/mol. The predicted octanol–water partition coefficient (Wildman–Crippen LogP) is 4.32. The zero-order valence-electron chi connectivity index (χ0n) is 12.4. The minimum Gasteiger partial charge on any atom is -0.368 e. The molecule has 1 aliphatic rings. The Morgan fingerprint density at radius 1 is 1.10 bits per heavy atom. The molecule has 20 heavy (non-hydrogen) atoms. The fourth-order valence-corrected chi connectivity index (χ4v) is 3.31. The fraction of sp³-hybridized carbons (Fsp3) is 0.529. The van der Waals surface area contributed by atoms with Crippen molar-refractivity contribution in [3.05, 3.63) is 30.0 Å². The van der Waals surface area contributed by atoms with Crippen molar-refractivity contribution in [2.24, 2.45) is 5.41 Å². The molecule has 3 nitrogen and oxygen atoms in total. The van der Waals surface area contributed by atoms with E-state index in [1.54, 1.807) is 0 Å². The number of aryl methyl sites for hydroxylation is 1. The first-order valence-corrected chi connectivity index (χ1v) is 7.70. The Morgan fingerprint density at radius 2 is 1.75 bits per heavy atom. The molecule has 1 N–H and O–H groups in total. The molecule has 1 aromatic carbocycles. The number of nitrogens with zero attached hydrogens (tertiary/aromatic N) is 2. The van der Waals surface area contributed by atoms with Crippen molar-refractivity contribution >= 4 is 16.9 Å². The third-order valence-corrected chi connectivity index (χ3v) is 4.79. The van der Waals surface area contributed by atoms with Gasteiger partial charge >= 0.3 is 0 Å². The molecule has 0 bridgehead atoms. The van der Waals surface area contributed by atoms with Crippen LogP contribution in [0.3, 0.4) is 0 Å². The minimum absolute atomic E-state index is 0.472. The van der Waals surface area contributed by atoms with Crippen molar-refractivity contribution in [2.45, 2.75) is 46.0 Å². The largest absolute Gasteiger partial charge is 0.368 e. The first kappa shape index (κ1) is 13.3. The van der Waals surface area contributed by atoms with Crippen LogP contribution in [0, 0.1) is 12.3 Å². The van der Waals surface area contributed by atoms with Crippen LogP contribution in [-0.2, 0) is 0 Å². The lowest BCUT2D eigenvalue weighted by atomic mass is 9.83. The van der Waals surface area contributed by atoms with Crippen molar-refractivity contribution < 1.29 is 0 Å². The van der Waals surface area contributed by atoms with Gasteiger partial charge in [0.25, 0.3) is 0 Å². The van der Waals surface area contributed by atoms with E-state index in [4.69, 9.17) is 4.98 Å². The molecule has 0 unspecified atom stereocenters. The Hall–Kier alpha value is -1.64. The smallest absolute Gasteiger partial charge is 0.148 e. The Kier molecular flexibility index (Phi) is 3.60. The van der Waals surface area contributed by atoms with Crippen molar-refractivity contribution in [3.63, 3.8) is 0 Å². The van der Waals surface area contributed by atoms with Crippen LogP contribution in [0.15, 0.2) is 24.3 Å². The fourth-order valence-electron chi connectivity index (χ4n) is 3.31. The monoisotopic (exact) mass is 269 g/mol. The lowest BCUT2D eigenvalue weighted by Crippen LogP contribution is -2.26. The molecule has 1 saturated carbocycles. The van der Waals surface area contributed by atoms with Gasteiger partial charge < -0.3 is 5.32 Å². The van der Waals surface area contributed by atoms with E-state index in [0.29, 0.717) is 5.41 Å². The molecule has 0 radical (unpaired) electrons. The highest BCUT2D eigenvalue weighted by atomic mass is 15.0. The molecule has 2 aromatic rings. The first-order valence-electron chi connectivity index (χ1n) is 7.70. The maximum absolute atomic E-state index is 4.73. The second-order valence-electron chi connectivity index (χ2n) is 6.06. The first-order chi connectivity index (χ1) is 9.72. The van der Waals surface area contributed by atoms with Gasteiger partial charge in [0.1, 0.15) is 5.82 Å². The summed E-state index contributed by atoms with van der Waals surface area (Å²) in [5.74, 6) is 0.948. The summed E-state index contributed by atoms with van der Waals surface area (Å²) in [5, 5.41) is 3.57. The minimum atomic E-state index is 0.472. The lowest BCUT2D eigenvalue weighted by Gasteiger charge is -2.28. The van der Waals surface area contributed by atoms with Crippen LogP contribution < -0.4 is 5.32 Å². The van der Waals surface area contributed by atoms with Gasteiger partial charge in [0.15, 0.2) is 0 Å². The van der Waals surface area contributed by atoms with E-state index in [1.165, 1.54) is 32.1 Å². The van der Waals surface area contributed by atoms with Crippen molar-refractivity contribution in [3.8, 4) is 0 Å². The van der Waals surface area contributed by atoms with Crippen molar-refractivity contribution in [1.29, 1.82) is 0 Å². The van der Waals surface area contributed by atoms with E-state index in [9.17, 15) is 0 Å². The molecule has 0 saturated heterocycles. The van der Waals surface area contributed by atoms with Gasteiger partial charge in [-0.25, -0.2) is 9.97 Å². The molecule has 1 fully saturated rings. The standard InChI is InChI=1S/C17H23N3/c1-3-17(10-6-7-11-17)12-18-16-13(2)19-14-8-4-5-9-15(14)20-16/h4-5,8-9H,3,6-7,10-12H2,1-2H3,(H,18,20). The number of aromatic nitrogens is 2. The van der Waals surface area contributed by atoms with Crippen LogP contribution in [0.4, 0.5) is 5.82 Å². The van der Waals surface area contributed by atoms with Crippen molar-refractivity contribution in [1.82, 2.24) is 9.97 Å².